The van der Waals surface area contributed by atoms with Crippen LogP contribution < -0.4 is 0 Å². The number of carbonyl (C=O) groups excluding carboxylic acids is 1. The van der Waals surface area contributed by atoms with Crippen LogP contribution in [0.5, 0.6) is 0 Å². The van der Waals surface area contributed by atoms with Gasteiger partial charge in [0.2, 0.25) is 0 Å². The Hall–Kier alpha value is -2.09. The number of hydrogen-bond donors (Lipinski definition) is 0. The van der Waals surface area contributed by atoms with Crippen molar-refractivity contribution in [3.63, 3.8) is 0 Å². The van der Waals surface area contributed by atoms with Gasteiger partial charge in [-0.05, 0) is 60.8 Å². The Morgan fingerprint density at radius 1 is 1.24 bits per heavy atom. The molecule has 0 saturated heterocycles. The predicted octanol–water partition coefficient (Wildman–Crippen LogP) is 5.48. The minimum absolute atomic E-state index is 0.0424. The zero-order chi connectivity index (χ0) is 18.8. The molecule has 1 aromatic rings. The molecule has 1 aliphatic carbocycles. The van der Waals surface area contributed by atoms with Crippen molar-refractivity contribution >= 4 is 5.97 Å². The fourth-order valence-electron chi connectivity index (χ4n) is 3.62. The van der Waals surface area contributed by atoms with E-state index in [0.717, 1.165) is 17.6 Å². The molecule has 0 aromatic heterocycles. The first kappa shape index (κ1) is 19.2. The van der Waals surface area contributed by atoms with Crippen LogP contribution in [0.25, 0.3) is 0 Å². The molecule has 2 nitrogen and oxygen atoms in total. The van der Waals surface area contributed by atoms with Gasteiger partial charge in [0.1, 0.15) is 6.61 Å². The molecule has 25 heavy (non-hydrogen) atoms. The second-order valence-corrected chi connectivity index (χ2v) is 7.75. The summed E-state index contributed by atoms with van der Waals surface area (Å²) in [6.07, 6.45) is 6.73. The maximum atomic E-state index is 12.6. The first-order chi connectivity index (χ1) is 11.7. The van der Waals surface area contributed by atoms with Gasteiger partial charge >= 0.3 is 5.97 Å². The van der Waals surface area contributed by atoms with Crippen LogP contribution >= 0.6 is 0 Å². The summed E-state index contributed by atoms with van der Waals surface area (Å²) in [4.78, 5) is 12.6. The van der Waals surface area contributed by atoms with Gasteiger partial charge in [0.25, 0.3) is 0 Å². The average Bonchev–Trinajstić information content (AvgIpc) is 3.07. The minimum Gasteiger partial charge on any atom is -0.461 e. The van der Waals surface area contributed by atoms with E-state index in [-0.39, 0.29) is 23.2 Å². The highest BCUT2D eigenvalue weighted by Crippen LogP contribution is 2.59. The highest BCUT2D eigenvalue weighted by atomic mass is 16.5. The standard InChI is InChI=1S/C23H30O2/c1-8-10-18-12-16(4)19(17(5)13-18)14-25-22(24)21-20(23(21,6)7)11-15(3)9-2/h8-9,11-13,20-21H,1-2,10,14H2,3-7H3. The molecule has 2 rings (SSSR count). The molecule has 2 atom stereocenters. The van der Waals surface area contributed by atoms with Crippen LogP contribution in [-0.2, 0) is 22.6 Å². The van der Waals surface area contributed by atoms with Crippen LogP contribution in [0.3, 0.4) is 0 Å². The molecule has 0 radical (unpaired) electrons. The zero-order valence-corrected chi connectivity index (χ0v) is 16.2. The lowest BCUT2D eigenvalue weighted by atomic mass is 9.98. The number of benzene rings is 1. The molecule has 2 heteroatoms. The third kappa shape index (κ3) is 4.12. The number of aryl methyl sites for hydroxylation is 2. The van der Waals surface area contributed by atoms with Gasteiger partial charge in [-0.3, -0.25) is 4.79 Å². The largest absolute Gasteiger partial charge is 0.461 e. The van der Waals surface area contributed by atoms with Crippen molar-refractivity contribution in [2.45, 2.75) is 47.6 Å². The third-order valence-corrected chi connectivity index (χ3v) is 5.42. The summed E-state index contributed by atoms with van der Waals surface area (Å²) < 4.78 is 5.68. The molecule has 2 unspecified atom stereocenters. The maximum Gasteiger partial charge on any atom is 0.310 e. The van der Waals surface area contributed by atoms with Gasteiger partial charge in [-0.15, -0.1) is 6.58 Å². The summed E-state index contributed by atoms with van der Waals surface area (Å²) in [6.45, 7) is 18.3. The van der Waals surface area contributed by atoms with Crippen LogP contribution in [0.1, 0.15) is 43.0 Å². The SMILES string of the molecule is C=CCc1cc(C)c(COC(=O)C2C(C=C(C)C=C)C2(C)C)c(C)c1. The monoisotopic (exact) mass is 338 g/mol. The van der Waals surface area contributed by atoms with E-state index in [2.05, 4.69) is 59.1 Å². The summed E-state index contributed by atoms with van der Waals surface area (Å²) in [5, 5.41) is 0. The van der Waals surface area contributed by atoms with Gasteiger partial charge in [-0.25, -0.2) is 0 Å². The quantitative estimate of drug-likeness (QED) is 0.374. The summed E-state index contributed by atoms with van der Waals surface area (Å²) in [7, 11) is 0. The van der Waals surface area contributed by atoms with Crippen molar-refractivity contribution in [1.29, 1.82) is 0 Å². The van der Waals surface area contributed by atoms with Crippen LogP contribution in [0.4, 0.5) is 0 Å². The lowest BCUT2D eigenvalue weighted by Gasteiger charge is -2.13. The topological polar surface area (TPSA) is 26.3 Å². The second-order valence-electron chi connectivity index (χ2n) is 7.75. The van der Waals surface area contributed by atoms with Crippen molar-refractivity contribution < 1.29 is 9.53 Å². The molecule has 1 aliphatic rings. The van der Waals surface area contributed by atoms with Gasteiger partial charge in [0, 0.05) is 0 Å². The molecule has 0 amide bonds. The van der Waals surface area contributed by atoms with E-state index in [1.807, 2.05) is 19.1 Å². The van der Waals surface area contributed by atoms with Crippen LogP contribution in [0, 0.1) is 31.1 Å². The van der Waals surface area contributed by atoms with E-state index in [0.29, 0.717) is 6.61 Å². The first-order valence-electron chi connectivity index (χ1n) is 8.89. The van der Waals surface area contributed by atoms with Crippen LogP contribution in [-0.4, -0.2) is 5.97 Å². The van der Waals surface area contributed by atoms with E-state index in [1.54, 1.807) is 0 Å². The smallest absolute Gasteiger partial charge is 0.310 e. The van der Waals surface area contributed by atoms with E-state index in [4.69, 9.17) is 4.74 Å². The van der Waals surface area contributed by atoms with Gasteiger partial charge in [0.15, 0.2) is 0 Å². The van der Waals surface area contributed by atoms with E-state index < -0.39 is 0 Å². The number of rotatable bonds is 7. The Morgan fingerprint density at radius 3 is 2.36 bits per heavy atom. The fraction of sp³-hybridized carbons (Fsp3) is 0.435. The number of hydrogen-bond acceptors (Lipinski definition) is 2. The van der Waals surface area contributed by atoms with Gasteiger partial charge in [-0.2, -0.15) is 0 Å². The molecule has 0 spiro atoms. The van der Waals surface area contributed by atoms with Crippen LogP contribution in [0.15, 0.2) is 49.1 Å². The Kier molecular flexibility index (Phi) is 5.72. The van der Waals surface area contributed by atoms with E-state index in [9.17, 15) is 4.79 Å². The highest BCUT2D eigenvalue weighted by molar-refractivity contribution is 5.78. The van der Waals surface area contributed by atoms with Crippen molar-refractivity contribution in [2.75, 3.05) is 0 Å². The zero-order valence-electron chi connectivity index (χ0n) is 16.2. The first-order valence-corrected chi connectivity index (χ1v) is 8.89. The molecular formula is C23H30O2. The van der Waals surface area contributed by atoms with Gasteiger partial charge in [0.05, 0.1) is 5.92 Å². The number of ether oxygens (including phenoxy) is 1. The fourth-order valence-corrected chi connectivity index (χ4v) is 3.62. The van der Waals surface area contributed by atoms with E-state index >= 15 is 0 Å². The van der Waals surface area contributed by atoms with Crippen LogP contribution in [0.2, 0.25) is 0 Å². The molecule has 0 bridgehead atoms. The third-order valence-electron chi connectivity index (χ3n) is 5.42. The highest BCUT2D eigenvalue weighted by Gasteiger charge is 2.61. The minimum atomic E-state index is -0.0999. The molecular weight excluding hydrogens is 308 g/mol. The van der Waals surface area contributed by atoms with Gasteiger partial charge in [-0.1, -0.05) is 56.4 Å². The molecule has 0 N–H and O–H groups in total. The lowest BCUT2D eigenvalue weighted by Crippen LogP contribution is -2.12. The maximum absolute atomic E-state index is 12.6. The summed E-state index contributed by atoms with van der Waals surface area (Å²) in [6, 6.07) is 4.30. The van der Waals surface area contributed by atoms with Crippen molar-refractivity contribution in [2.24, 2.45) is 17.3 Å². The van der Waals surface area contributed by atoms with Crippen molar-refractivity contribution in [3.05, 3.63) is 71.3 Å². The predicted molar refractivity (Wildman–Crippen MR) is 104 cm³/mol. The average molecular weight is 338 g/mol. The summed E-state index contributed by atoms with van der Waals surface area (Å²) >= 11 is 0. The summed E-state index contributed by atoms with van der Waals surface area (Å²) in [5.41, 5.74) is 5.75. The van der Waals surface area contributed by atoms with Crippen molar-refractivity contribution in [1.82, 2.24) is 0 Å². The molecule has 0 aliphatic heterocycles. The normalized spacial score (nSPS) is 21.6. The van der Waals surface area contributed by atoms with E-state index in [1.165, 1.54) is 16.7 Å². The number of carbonyl (C=O) groups is 1. The van der Waals surface area contributed by atoms with Gasteiger partial charge < -0.3 is 4.74 Å². The Balaban J connectivity index is 2.06. The Bertz CT molecular complexity index is 699. The lowest BCUT2D eigenvalue weighted by molar-refractivity contribution is -0.147. The molecule has 1 aromatic carbocycles. The van der Waals surface area contributed by atoms with Crippen molar-refractivity contribution in [3.8, 4) is 0 Å². The number of esters is 1. The second kappa shape index (κ2) is 7.43. The molecule has 1 saturated carbocycles. The summed E-state index contributed by atoms with van der Waals surface area (Å²) in [5.74, 6) is 0.0651. The molecule has 1 fully saturated rings. The Morgan fingerprint density at radius 2 is 1.84 bits per heavy atom. The molecule has 134 valence electrons. The Labute approximate surface area is 152 Å². The number of allylic oxidation sites excluding steroid dienone is 4. The molecule has 0 heterocycles.